The quantitative estimate of drug-likeness (QED) is 0.733. The van der Waals surface area contributed by atoms with Gasteiger partial charge in [-0.3, -0.25) is 4.68 Å². The predicted molar refractivity (Wildman–Crippen MR) is 108 cm³/mol. The predicted octanol–water partition coefficient (Wildman–Crippen LogP) is 3.35. The second kappa shape index (κ2) is 7.31. The largest absolute Gasteiger partial charge is 0.478 e. The van der Waals surface area contributed by atoms with Crippen LogP contribution in [0.4, 0.5) is 5.82 Å². The number of fused-ring (bicyclic) bond motifs is 1. The molecule has 1 fully saturated rings. The first kappa shape index (κ1) is 18.6. The maximum Gasteiger partial charge on any atom is 0.336 e. The summed E-state index contributed by atoms with van der Waals surface area (Å²) in [4.78, 5) is 14.3. The zero-order chi connectivity index (χ0) is 19.8. The van der Waals surface area contributed by atoms with Gasteiger partial charge in [-0.25, -0.2) is 4.79 Å². The Labute approximate surface area is 164 Å². The first-order valence-corrected chi connectivity index (χ1v) is 9.73. The Morgan fingerprint density at radius 2 is 2.11 bits per heavy atom. The molecule has 0 aliphatic carbocycles. The lowest BCUT2D eigenvalue weighted by Gasteiger charge is -2.36. The van der Waals surface area contributed by atoms with E-state index in [1.54, 1.807) is 12.3 Å². The molecule has 0 radical (unpaired) electrons. The fourth-order valence-electron chi connectivity index (χ4n) is 4.28. The molecule has 0 bridgehead atoms. The van der Waals surface area contributed by atoms with Gasteiger partial charge in [0, 0.05) is 61.9 Å². The van der Waals surface area contributed by atoms with Gasteiger partial charge in [0.15, 0.2) is 0 Å². The molecule has 7 nitrogen and oxygen atoms in total. The fourth-order valence-corrected chi connectivity index (χ4v) is 4.28. The maximum atomic E-state index is 11.9. The molecule has 0 amide bonds. The SMILES string of the molecule is CCN(c1c(C)c(C(=O)O)cc2cc(-c3ccnn3C)cn12)C1CCOCC1. The summed E-state index contributed by atoms with van der Waals surface area (Å²) in [5, 5.41) is 14.1. The molecule has 1 saturated heterocycles. The van der Waals surface area contributed by atoms with E-state index >= 15 is 0 Å². The van der Waals surface area contributed by atoms with Crippen molar-refractivity contribution in [3.63, 3.8) is 0 Å². The molecule has 0 spiro atoms. The van der Waals surface area contributed by atoms with E-state index in [2.05, 4.69) is 27.5 Å². The van der Waals surface area contributed by atoms with Crippen LogP contribution in [0.2, 0.25) is 0 Å². The summed E-state index contributed by atoms with van der Waals surface area (Å²) in [6.07, 6.45) is 5.75. The Morgan fingerprint density at radius 1 is 1.36 bits per heavy atom. The van der Waals surface area contributed by atoms with Gasteiger partial charge in [0.2, 0.25) is 0 Å². The Bertz CT molecular complexity index is 1010. The third-order valence-electron chi connectivity index (χ3n) is 5.70. The molecule has 0 saturated carbocycles. The van der Waals surface area contributed by atoms with E-state index in [-0.39, 0.29) is 0 Å². The molecular formula is C21H26N4O3. The highest BCUT2D eigenvalue weighted by molar-refractivity contribution is 5.93. The minimum atomic E-state index is -0.896. The van der Waals surface area contributed by atoms with Crippen molar-refractivity contribution in [2.75, 3.05) is 24.7 Å². The zero-order valence-corrected chi connectivity index (χ0v) is 16.6. The number of anilines is 1. The summed E-state index contributed by atoms with van der Waals surface area (Å²) in [6.45, 7) is 6.33. The van der Waals surface area contributed by atoms with Crippen molar-refractivity contribution in [1.29, 1.82) is 0 Å². The van der Waals surface area contributed by atoms with E-state index in [4.69, 9.17) is 4.74 Å². The average molecular weight is 382 g/mol. The first-order valence-electron chi connectivity index (χ1n) is 9.73. The van der Waals surface area contributed by atoms with Gasteiger partial charge in [-0.05, 0) is 44.9 Å². The molecule has 28 heavy (non-hydrogen) atoms. The number of ether oxygens (including phenoxy) is 1. The third kappa shape index (κ3) is 3.05. The Hall–Kier alpha value is -2.80. The normalized spacial score (nSPS) is 15.2. The molecule has 0 unspecified atom stereocenters. The van der Waals surface area contributed by atoms with Gasteiger partial charge in [0.05, 0.1) is 11.3 Å². The average Bonchev–Trinajstić information content (AvgIpc) is 3.30. The zero-order valence-electron chi connectivity index (χ0n) is 16.6. The van der Waals surface area contributed by atoms with E-state index in [1.807, 2.05) is 30.8 Å². The molecule has 3 aromatic rings. The van der Waals surface area contributed by atoms with E-state index in [0.29, 0.717) is 11.6 Å². The number of aromatic carboxylic acids is 1. The number of aryl methyl sites for hydroxylation is 1. The van der Waals surface area contributed by atoms with Gasteiger partial charge < -0.3 is 19.1 Å². The molecule has 148 valence electrons. The highest BCUT2D eigenvalue weighted by atomic mass is 16.5. The van der Waals surface area contributed by atoms with Crippen LogP contribution in [0.15, 0.2) is 30.6 Å². The third-order valence-corrected chi connectivity index (χ3v) is 5.70. The summed E-state index contributed by atoms with van der Waals surface area (Å²) in [6, 6.07) is 6.10. The van der Waals surface area contributed by atoms with Crippen molar-refractivity contribution in [1.82, 2.24) is 14.2 Å². The van der Waals surface area contributed by atoms with Crippen molar-refractivity contribution in [3.8, 4) is 11.3 Å². The number of hydrogen-bond donors (Lipinski definition) is 1. The lowest BCUT2D eigenvalue weighted by Crippen LogP contribution is -2.41. The van der Waals surface area contributed by atoms with E-state index in [1.165, 1.54) is 0 Å². The second-order valence-corrected chi connectivity index (χ2v) is 7.31. The molecule has 7 heteroatoms. The summed E-state index contributed by atoms with van der Waals surface area (Å²) in [5.74, 6) is 0.0604. The number of carboxylic acids is 1. The molecule has 1 aliphatic heterocycles. The number of nitrogens with zero attached hydrogens (tertiary/aromatic N) is 4. The van der Waals surface area contributed by atoms with Gasteiger partial charge in [-0.2, -0.15) is 5.10 Å². The van der Waals surface area contributed by atoms with Crippen molar-refractivity contribution < 1.29 is 14.6 Å². The molecular weight excluding hydrogens is 356 g/mol. The van der Waals surface area contributed by atoms with Crippen LogP contribution in [0.1, 0.15) is 35.7 Å². The van der Waals surface area contributed by atoms with Crippen LogP contribution in [0.3, 0.4) is 0 Å². The number of pyridine rings is 1. The van der Waals surface area contributed by atoms with E-state index in [0.717, 1.165) is 60.8 Å². The van der Waals surface area contributed by atoms with Crippen molar-refractivity contribution >= 4 is 17.3 Å². The van der Waals surface area contributed by atoms with E-state index < -0.39 is 5.97 Å². The fraction of sp³-hybridized carbons (Fsp3) is 0.429. The maximum absolute atomic E-state index is 11.9. The summed E-state index contributed by atoms with van der Waals surface area (Å²) in [7, 11) is 1.91. The Morgan fingerprint density at radius 3 is 2.71 bits per heavy atom. The first-order chi connectivity index (χ1) is 13.5. The highest BCUT2D eigenvalue weighted by Crippen LogP contribution is 2.33. The summed E-state index contributed by atoms with van der Waals surface area (Å²) in [5.41, 5.74) is 4.03. The number of carboxylic acid groups (broad SMARTS) is 1. The van der Waals surface area contributed by atoms with Gasteiger partial charge >= 0.3 is 5.97 Å². The van der Waals surface area contributed by atoms with Crippen LogP contribution in [-0.4, -0.2) is 51.1 Å². The lowest BCUT2D eigenvalue weighted by atomic mass is 10.0. The van der Waals surface area contributed by atoms with Crippen LogP contribution in [-0.2, 0) is 11.8 Å². The number of hydrogen-bond acceptors (Lipinski definition) is 4. The second-order valence-electron chi connectivity index (χ2n) is 7.31. The molecule has 1 aliphatic rings. The summed E-state index contributed by atoms with van der Waals surface area (Å²) >= 11 is 0. The van der Waals surface area contributed by atoms with Crippen molar-refractivity contribution in [2.24, 2.45) is 7.05 Å². The van der Waals surface area contributed by atoms with Gasteiger partial charge in [0.1, 0.15) is 5.82 Å². The molecule has 1 N–H and O–H groups in total. The van der Waals surface area contributed by atoms with Crippen LogP contribution in [0.25, 0.3) is 16.8 Å². The Kier molecular flexibility index (Phi) is 4.85. The Balaban J connectivity index is 1.93. The lowest BCUT2D eigenvalue weighted by molar-refractivity contribution is 0.0695. The van der Waals surface area contributed by atoms with Crippen LogP contribution >= 0.6 is 0 Å². The summed E-state index contributed by atoms with van der Waals surface area (Å²) < 4.78 is 9.50. The van der Waals surface area contributed by atoms with Crippen LogP contribution in [0.5, 0.6) is 0 Å². The smallest absolute Gasteiger partial charge is 0.336 e. The van der Waals surface area contributed by atoms with Crippen LogP contribution < -0.4 is 4.90 Å². The van der Waals surface area contributed by atoms with E-state index in [9.17, 15) is 9.90 Å². The molecule has 3 aromatic heterocycles. The number of carbonyl (C=O) groups is 1. The van der Waals surface area contributed by atoms with Crippen molar-refractivity contribution in [3.05, 3.63) is 41.7 Å². The molecule has 0 aromatic carbocycles. The monoisotopic (exact) mass is 382 g/mol. The minimum Gasteiger partial charge on any atom is -0.478 e. The van der Waals surface area contributed by atoms with Gasteiger partial charge in [-0.15, -0.1) is 0 Å². The standard InChI is InChI=1S/C21H26N4O3/c1-4-24(16-6-9-28-10-7-16)20-14(2)18(21(26)27)12-17-11-15(13-25(17)20)19-5-8-22-23(19)3/h5,8,11-13,16H,4,6-7,9-10H2,1-3H3,(H,26,27). The van der Waals surface area contributed by atoms with Gasteiger partial charge in [-0.1, -0.05) is 0 Å². The van der Waals surface area contributed by atoms with Gasteiger partial charge in [0.25, 0.3) is 0 Å². The minimum absolute atomic E-state index is 0.340. The molecule has 4 rings (SSSR count). The highest BCUT2D eigenvalue weighted by Gasteiger charge is 2.26. The number of aromatic nitrogens is 3. The van der Waals surface area contributed by atoms with Crippen LogP contribution in [0, 0.1) is 6.92 Å². The molecule has 0 atom stereocenters. The molecule has 4 heterocycles. The topological polar surface area (TPSA) is 72.0 Å². The number of rotatable bonds is 5. The van der Waals surface area contributed by atoms with Crippen molar-refractivity contribution in [2.45, 2.75) is 32.7 Å².